The van der Waals surface area contributed by atoms with Crippen LogP contribution in [-0.4, -0.2) is 12.1 Å². The average Bonchev–Trinajstić information content (AvgIpc) is 2.66. The summed E-state index contributed by atoms with van der Waals surface area (Å²) in [5, 5.41) is 0. The maximum absolute atomic E-state index is 6.45. The van der Waals surface area contributed by atoms with E-state index in [2.05, 4.69) is 17.1 Å². The molecule has 26 heavy (non-hydrogen) atoms. The summed E-state index contributed by atoms with van der Waals surface area (Å²) in [6, 6.07) is 15.8. The second-order valence-electron chi connectivity index (χ2n) is 6.16. The Balaban J connectivity index is 2.01. The van der Waals surface area contributed by atoms with Crippen molar-refractivity contribution in [1.29, 1.82) is 0 Å². The average molecular weight is 348 g/mol. The van der Waals surface area contributed by atoms with E-state index in [0.717, 1.165) is 16.7 Å². The molecule has 2 heterocycles. The van der Waals surface area contributed by atoms with Crippen molar-refractivity contribution in [1.82, 2.24) is 4.98 Å². The van der Waals surface area contributed by atoms with Crippen LogP contribution >= 0.6 is 0 Å². The minimum atomic E-state index is -0.126. The summed E-state index contributed by atoms with van der Waals surface area (Å²) in [5.41, 5.74) is 22.4. The molecule has 1 unspecified atom stereocenters. The van der Waals surface area contributed by atoms with Gasteiger partial charge in [-0.25, -0.2) is 0 Å². The number of fused-ring (bicyclic) bond motifs is 2. The molecule has 2 aromatic carbocycles. The molecule has 0 radical (unpaired) electrons. The Bertz CT molecular complexity index is 973. The smallest absolute Gasteiger partial charge is 0.227 e. The van der Waals surface area contributed by atoms with Crippen molar-refractivity contribution in [3.8, 4) is 17.4 Å². The molecule has 3 aromatic rings. The molecule has 6 N–H and O–H groups in total. The van der Waals surface area contributed by atoms with Gasteiger partial charge in [0.2, 0.25) is 5.88 Å². The van der Waals surface area contributed by atoms with Crippen LogP contribution in [0.5, 0.6) is 17.4 Å². The first kappa shape index (κ1) is 16.2. The SMILES string of the molecule is COc1ccc2c(c1)Oc1nc(N)c(CN)c(N)c1C2c1ccccc1. The number of hydrogen-bond acceptors (Lipinski definition) is 6. The Morgan fingerprint density at radius 2 is 1.88 bits per heavy atom. The highest BCUT2D eigenvalue weighted by Gasteiger charge is 2.33. The summed E-state index contributed by atoms with van der Waals surface area (Å²) in [5.74, 6) is 1.96. The summed E-state index contributed by atoms with van der Waals surface area (Å²) in [6.07, 6.45) is 0. The standard InChI is InChI=1S/C20H20N4O2/c1-25-12-7-8-13-15(9-12)26-20-17(16(13)11-5-3-2-4-6-11)18(22)14(10-21)19(23)24-20/h2-9,16H,10,21H2,1H3,(H4,22,23,24). The summed E-state index contributed by atoms with van der Waals surface area (Å²) >= 11 is 0. The number of hydrogen-bond donors (Lipinski definition) is 3. The Kier molecular flexibility index (Phi) is 3.89. The number of pyridine rings is 1. The molecule has 6 nitrogen and oxygen atoms in total. The number of ether oxygens (including phenoxy) is 2. The highest BCUT2D eigenvalue weighted by Crippen LogP contribution is 2.50. The zero-order valence-electron chi connectivity index (χ0n) is 14.4. The van der Waals surface area contributed by atoms with Crippen molar-refractivity contribution in [3.63, 3.8) is 0 Å². The molecular weight excluding hydrogens is 328 g/mol. The number of anilines is 2. The zero-order valence-corrected chi connectivity index (χ0v) is 14.4. The molecule has 0 bridgehead atoms. The van der Waals surface area contributed by atoms with E-state index in [0.29, 0.717) is 34.4 Å². The van der Waals surface area contributed by atoms with Gasteiger partial charge in [0.05, 0.1) is 12.7 Å². The number of nitrogens with zero attached hydrogens (tertiary/aromatic N) is 1. The number of aromatic nitrogens is 1. The molecule has 1 atom stereocenters. The molecule has 1 aliphatic heterocycles. The number of nitrogen functional groups attached to an aromatic ring is 2. The number of rotatable bonds is 3. The second kappa shape index (κ2) is 6.24. The van der Waals surface area contributed by atoms with Crippen LogP contribution in [0, 0.1) is 0 Å². The third-order valence-electron chi connectivity index (χ3n) is 4.74. The molecule has 132 valence electrons. The van der Waals surface area contributed by atoms with Crippen molar-refractivity contribution >= 4 is 11.5 Å². The zero-order chi connectivity index (χ0) is 18.3. The maximum Gasteiger partial charge on any atom is 0.227 e. The van der Waals surface area contributed by atoms with E-state index in [1.165, 1.54) is 0 Å². The molecule has 4 rings (SSSR count). The highest BCUT2D eigenvalue weighted by molar-refractivity contribution is 5.72. The summed E-state index contributed by atoms with van der Waals surface area (Å²) in [7, 11) is 1.62. The van der Waals surface area contributed by atoms with Gasteiger partial charge in [0.1, 0.15) is 17.3 Å². The van der Waals surface area contributed by atoms with Gasteiger partial charge in [0, 0.05) is 35.3 Å². The third kappa shape index (κ3) is 2.43. The predicted octanol–water partition coefficient (Wildman–Crippen LogP) is 3.00. The quantitative estimate of drug-likeness (QED) is 0.525. The van der Waals surface area contributed by atoms with E-state index in [1.54, 1.807) is 7.11 Å². The molecule has 0 spiro atoms. The monoisotopic (exact) mass is 348 g/mol. The molecule has 6 heteroatoms. The van der Waals surface area contributed by atoms with Crippen molar-refractivity contribution in [2.24, 2.45) is 5.73 Å². The molecule has 0 aliphatic carbocycles. The van der Waals surface area contributed by atoms with Crippen molar-refractivity contribution in [2.75, 3.05) is 18.6 Å². The molecule has 1 aromatic heterocycles. The van der Waals surface area contributed by atoms with Crippen molar-refractivity contribution in [2.45, 2.75) is 12.5 Å². The van der Waals surface area contributed by atoms with E-state index < -0.39 is 0 Å². The fourth-order valence-electron chi connectivity index (χ4n) is 3.44. The molecule has 0 saturated carbocycles. The fraction of sp³-hybridized carbons (Fsp3) is 0.150. The lowest BCUT2D eigenvalue weighted by atomic mass is 9.82. The van der Waals surface area contributed by atoms with Crippen LogP contribution in [0.4, 0.5) is 11.5 Å². The van der Waals surface area contributed by atoms with Gasteiger partial charge < -0.3 is 26.7 Å². The topological polar surface area (TPSA) is 109 Å². The predicted molar refractivity (Wildman–Crippen MR) is 101 cm³/mol. The first-order valence-corrected chi connectivity index (χ1v) is 8.32. The molecule has 0 amide bonds. The van der Waals surface area contributed by atoms with Gasteiger partial charge in [-0.3, -0.25) is 0 Å². The van der Waals surface area contributed by atoms with Gasteiger partial charge in [0.25, 0.3) is 0 Å². The number of benzene rings is 2. The van der Waals surface area contributed by atoms with Crippen LogP contribution in [0.2, 0.25) is 0 Å². The number of nitrogens with two attached hydrogens (primary N) is 3. The van der Waals surface area contributed by atoms with Crippen LogP contribution in [0.25, 0.3) is 0 Å². The number of methoxy groups -OCH3 is 1. The lowest BCUT2D eigenvalue weighted by Crippen LogP contribution is -2.19. The fourth-order valence-corrected chi connectivity index (χ4v) is 3.44. The van der Waals surface area contributed by atoms with Crippen LogP contribution in [0.3, 0.4) is 0 Å². The van der Waals surface area contributed by atoms with Crippen LogP contribution < -0.4 is 26.7 Å². The van der Waals surface area contributed by atoms with Gasteiger partial charge in [-0.2, -0.15) is 4.98 Å². The Labute approximate surface area is 151 Å². The molecule has 0 fully saturated rings. The normalized spacial score (nSPS) is 14.9. The Hall–Kier alpha value is -3.25. The molecular formula is C20H20N4O2. The first-order valence-electron chi connectivity index (χ1n) is 8.32. The van der Waals surface area contributed by atoms with Gasteiger partial charge in [0.15, 0.2) is 0 Å². The lowest BCUT2D eigenvalue weighted by molar-refractivity contribution is 0.401. The van der Waals surface area contributed by atoms with E-state index in [4.69, 9.17) is 26.7 Å². The minimum absolute atomic E-state index is 0.126. The van der Waals surface area contributed by atoms with Gasteiger partial charge >= 0.3 is 0 Å². The minimum Gasteiger partial charge on any atom is -0.497 e. The third-order valence-corrected chi connectivity index (χ3v) is 4.74. The van der Waals surface area contributed by atoms with E-state index >= 15 is 0 Å². The second-order valence-corrected chi connectivity index (χ2v) is 6.16. The van der Waals surface area contributed by atoms with Gasteiger partial charge in [-0.15, -0.1) is 0 Å². The van der Waals surface area contributed by atoms with Crippen molar-refractivity contribution in [3.05, 3.63) is 70.8 Å². The van der Waals surface area contributed by atoms with E-state index in [-0.39, 0.29) is 12.5 Å². The van der Waals surface area contributed by atoms with Crippen molar-refractivity contribution < 1.29 is 9.47 Å². The van der Waals surface area contributed by atoms with E-state index in [9.17, 15) is 0 Å². The maximum atomic E-state index is 6.45. The van der Waals surface area contributed by atoms with Gasteiger partial charge in [-0.05, 0) is 11.6 Å². The Morgan fingerprint density at radius 1 is 1.12 bits per heavy atom. The Morgan fingerprint density at radius 3 is 2.58 bits per heavy atom. The lowest BCUT2D eigenvalue weighted by Gasteiger charge is -2.30. The van der Waals surface area contributed by atoms with Crippen LogP contribution in [0.15, 0.2) is 48.5 Å². The van der Waals surface area contributed by atoms with Crippen LogP contribution in [0.1, 0.15) is 28.2 Å². The molecule has 1 aliphatic rings. The van der Waals surface area contributed by atoms with Gasteiger partial charge in [-0.1, -0.05) is 36.4 Å². The summed E-state index contributed by atoms with van der Waals surface area (Å²) in [6.45, 7) is 0.217. The molecule has 0 saturated heterocycles. The van der Waals surface area contributed by atoms with Crippen LogP contribution in [-0.2, 0) is 6.54 Å². The highest BCUT2D eigenvalue weighted by atomic mass is 16.5. The summed E-state index contributed by atoms with van der Waals surface area (Å²) in [4.78, 5) is 4.43. The first-order chi connectivity index (χ1) is 12.6. The summed E-state index contributed by atoms with van der Waals surface area (Å²) < 4.78 is 11.4. The van der Waals surface area contributed by atoms with E-state index in [1.807, 2.05) is 36.4 Å². The largest absolute Gasteiger partial charge is 0.497 e.